The van der Waals surface area contributed by atoms with Crippen molar-refractivity contribution in [1.82, 2.24) is 5.32 Å². The van der Waals surface area contributed by atoms with Gasteiger partial charge in [0, 0.05) is 7.11 Å². The Balaban J connectivity index is 4.38. The zero-order chi connectivity index (χ0) is 11.4. The Kier molecular flexibility index (Phi) is 4.56. The molecule has 0 saturated heterocycles. The van der Waals surface area contributed by atoms with Crippen LogP contribution in [0.3, 0.4) is 0 Å². The van der Waals surface area contributed by atoms with Crippen LogP contribution in [0.4, 0.5) is 0 Å². The fourth-order valence-electron chi connectivity index (χ4n) is 0.901. The molecular weight excluding hydrogens is 186 g/mol. The third kappa shape index (κ3) is 3.33. The molecule has 1 atom stereocenters. The van der Waals surface area contributed by atoms with Gasteiger partial charge < -0.3 is 15.2 Å². The Morgan fingerprint density at radius 2 is 2.00 bits per heavy atom. The van der Waals surface area contributed by atoms with Crippen LogP contribution in [0, 0.1) is 0 Å². The summed E-state index contributed by atoms with van der Waals surface area (Å²) < 4.78 is 4.88. The molecule has 0 aliphatic carbocycles. The van der Waals surface area contributed by atoms with Gasteiger partial charge in [0.15, 0.2) is 0 Å². The number of carboxylic acids is 1. The van der Waals surface area contributed by atoms with E-state index in [0.29, 0.717) is 6.42 Å². The molecule has 0 aliphatic heterocycles. The van der Waals surface area contributed by atoms with Crippen LogP contribution in [0.25, 0.3) is 0 Å². The van der Waals surface area contributed by atoms with Crippen LogP contribution in [0.1, 0.15) is 27.2 Å². The number of ether oxygens (including phenoxy) is 1. The highest BCUT2D eigenvalue weighted by molar-refractivity contribution is 5.88. The van der Waals surface area contributed by atoms with Crippen molar-refractivity contribution >= 4 is 11.9 Å². The number of carboxylic acid groups (broad SMARTS) is 1. The molecule has 0 radical (unpaired) electrons. The van der Waals surface area contributed by atoms with Gasteiger partial charge in [-0.1, -0.05) is 6.92 Å². The van der Waals surface area contributed by atoms with Gasteiger partial charge in [-0.15, -0.1) is 0 Å². The molecule has 5 nitrogen and oxygen atoms in total. The number of hydrogen-bond acceptors (Lipinski definition) is 3. The fraction of sp³-hybridized carbons (Fsp3) is 0.778. The van der Waals surface area contributed by atoms with Gasteiger partial charge in [0.25, 0.3) is 0 Å². The van der Waals surface area contributed by atoms with E-state index in [9.17, 15) is 9.59 Å². The minimum atomic E-state index is -1.26. The number of carbonyl (C=O) groups is 2. The molecule has 1 unspecified atom stereocenters. The second-order valence-electron chi connectivity index (χ2n) is 3.55. The summed E-state index contributed by atoms with van der Waals surface area (Å²) in [7, 11) is 1.42. The van der Waals surface area contributed by atoms with Crippen molar-refractivity contribution in [2.45, 2.75) is 38.8 Å². The van der Waals surface area contributed by atoms with Crippen molar-refractivity contribution < 1.29 is 19.4 Å². The van der Waals surface area contributed by atoms with Crippen molar-refractivity contribution in [3.63, 3.8) is 0 Å². The summed E-state index contributed by atoms with van der Waals surface area (Å²) in [5.74, 6) is -1.47. The molecule has 0 fully saturated rings. The van der Waals surface area contributed by atoms with Crippen LogP contribution >= 0.6 is 0 Å². The molecule has 0 aliphatic rings. The molecule has 0 saturated carbocycles. The van der Waals surface area contributed by atoms with Gasteiger partial charge in [-0.25, -0.2) is 4.79 Å². The monoisotopic (exact) mass is 203 g/mol. The van der Waals surface area contributed by atoms with Crippen molar-refractivity contribution in [3.8, 4) is 0 Å². The first-order valence-electron chi connectivity index (χ1n) is 4.43. The standard InChI is InChI=1S/C9H17NO4/c1-5-6(14-4)7(11)10-9(2,3)8(12)13/h6H,5H2,1-4H3,(H,10,11)(H,12,13). The average molecular weight is 203 g/mol. The molecule has 0 heterocycles. The summed E-state index contributed by atoms with van der Waals surface area (Å²) in [5.41, 5.74) is -1.26. The number of amides is 1. The van der Waals surface area contributed by atoms with Gasteiger partial charge in [0.1, 0.15) is 11.6 Å². The molecule has 0 spiro atoms. The Morgan fingerprint density at radius 3 is 2.29 bits per heavy atom. The van der Waals surface area contributed by atoms with Crippen LogP contribution in [0.2, 0.25) is 0 Å². The molecule has 5 heteroatoms. The Bertz CT molecular complexity index is 221. The maximum absolute atomic E-state index is 11.4. The van der Waals surface area contributed by atoms with Crippen molar-refractivity contribution in [2.75, 3.05) is 7.11 Å². The first-order chi connectivity index (χ1) is 6.35. The lowest BCUT2D eigenvalue weighted by atomic mass is 10.1. The molecule has 1 amide bonds. The third-order valence-corrected chi connectivity index (χ3v) is 1.92. The Labute approximate surface area is 83.4 Å². The van der Waals surface area contributed by atoms with E-state index in [1.54, 1.807) is 6.92 Å². The van der Waals surface area contributed by atoms with Crippen LogP contribution < -0.4 is 5.32 Å². The van der Waals surface area contributed by atoms with Gasteiger partial charge in [0.2, 0.25) is 5.91 Å². The molecular formula is C9H17NO4. The first-order valence-corrected chi connectivity index (χ1v) is 4.43. The van der Waals surface area contributed by atoms with E-state index in [2.05, 4.69) is 5.32 Å². The summed E-state index contributed by atoms with van der Waals surface area (Å²) in [4.78, 5) is 22.1. The predicted octanol–water partition coefficient (Wildman–Crippen LogP) is 0.391. The second kappa shape index (κ2) is 4.95. The summed E-state index contributed by atoms with van der Waals surface area (Å²) in [5, 5.41) is 11.2. The lowest BCUT2D eigenvalue weighted by molar-refractivity contribution is -0.148. The smallest absolute Gasteiger partial charge is 0.328 e. The third-order valence-electron chi connectivity index (χ3n) is 1.92. The van der Waals surface area contributed by atoms with E-state index in [1.807, 2.05) is 0 Å². The highest BCUT2D eigenvalue weighted by atomic mass is 16.5. The summed E-state index contributed by atoms with van der Waals surface area (Å²) in [6.07, 6.45) is -0.0773. The highest BCUT2D eigenvalue weighted by Crippen LogP contribution is 2.04. The topological polar surface area (TPSA) is 75.6 Å². The van der Waals surface area contributed by atoms with Crippen LogP contribution in [-0.4, -0.2) is 35.7 Å². The van der Waals surface area contributed by atoms with E-state index >= 15 is 0 Å². The molecule has 0 bridgehead atoms. The molecule has 0 rings (SSSR count). The fourth-order valence-corrected chi connectivity index (χ4v) is 0.901. The molecule has 82 valence electrons. The van der Waals surface area contributed by atoms with Gasteiger partial charge in [-0.2, -0.15) is 0 Å². The average Bonchev–Trinajstić information content (AvgIpc) is 2.05. The van der Waals surface area contributed by atoms with E-state index in [4.69, 9.17) is 9.84 Å². The normalized spacial score (nSPS) is 13.4. The number of hydrogen-bond donors (Lipinski definition) is 2. The van der Waals surface area contributed by atoms with Gasteiger partial charge >= 0.3 is 5.97 Å². The molecule has 0 aromatic rings. The Morgan fingerprint density at radius 1 is 1.50 bits per heavy atom. The van der Waals surface area contributed by atoms with Gasteiger partial charge in [-0.05, 0) is 20.3 Å². The summed E-state index contributed by atoms with van der Waals surface area (Å²) in [6.45, 7) is 4.65. The van der Waals surface area contributed by atoms with Crippen LogP contribution in [-0.2, 0) is 14.3 Å². The lowest BCUT2D eigenvalue weighted by Gasteiger charge is -2.23. The van der Waals surface area contributed by atoms with E-state index in [1.165, 1.54) is 21.0 Å². The lowest BCUT2D eigenvalue weighted by Crippen LogP contribution is -2.53. The van der Waals surface area contributed by atoms with Crippen molar-refractivity contribution in [2.24, 2.45) is 0 Å². The zero-order valence-electron chi connectivity index (χ0n) is 8.96. The highest BCUT2D eigenvalue weighted by Gasteiger charge is 2.31. The number of methoxy groups -OCH3 is 1. The largest absolute Gasteiger partial charge is 0.480 e. The quantitative estimate of drug-likeness (QED) is 0.677. The van der Waals surface area contributed by atoms with Crippen LogP contribution in [0.15, 0.2) is 0 Å². The number of rotatable bonds is 5. The first kappa shape index (κ1) is 12.9. The SMILES string of the molecule is CCC(OC)C(=O)NC(C)(C)C(=O)O. The van der Waals surface area contributed by atoms with Gasteiger partial charge in [0.05, 0.1) is 0 Å². The van der Waals surface area contributed by atoms with Crippen molar-refractivity contribution in [1.29, 1.82) is 0 Å². The van der Waals surface area contributed by atoms with Crippen LogP contribution in [0.5, 0.6) is 0 Å². The van der Waals surface area contributed by atoms with E-state index in [-0.39, 0.29) is 0 Å². The minimum absolute atomic E-state index is 0.401. The Hall–Kier alpha value is -1.10. The minimum Gasteiger partial charge on any atom is -0.480 e. The predicted molar refractivity (Wildman–Crippen MR) is 50.9 cm³/mol. The number of carbonyl (C=O) groups excluding carboxylic acids is 1. The molecule has 0 aromatic heterocycles. The summed E-state index contributed by atoms with van der Waals surface area (Å²) >= 11 is 0. The number of nitrogens with one attached hydrogen (secondary N) is 1. The molecule has 0 aromatic carbocycles. The summed E-state index contributed by atoms with van der Waals surface area (Å²) in [6, 6.07) is 0. The second-order valence-corrected chi connectivity index (χ2v) is 3.55. The van der Waals surface area contributed by atoms with E-state index in [0.717, 1.165) is 0 Å². The molecule has 14 heavy (non-hydrogen) atoms. The van der Waals surface area contributed by atoms with Gasteiger partial charge in [-0.3, -0.25) is 4.79 Å². The van der Waals surface area contributed by atoms with E-state index < -0.39 is 23.5 Å². The zero-order valence-corrected chi connectivity index (χ0v) is 8.96. The maximum Gasteiger partial charge on any atom is 0.328 e. The van der Waals surface area contributed by atoms with Crippen molar-refractivity contribution in [3.05, 3.63) is 0 Å². The maximum atomic E-state index is 11.4. The number of aliphatic carboxylic acids is 1. The molecule has 2 N–H and O–H groups in total.